The fraction of sp³-hybridized carbons (Fsp3) is 0.400. The molecule has 0 saturated carbocycles. The van der Waals surface area contributed by atoms with E-state index in [9.17, 15) is 0 Å². The maximum absolute atomic E-state index is 5.50. The van der Waals surface area contributed by atoms with Gasteiger partial charge in [0.05, 0.1) is 14.1 Å². The number of para-hydroxylation sites is 1. The molecule has 2 nitrogen and oxygen atoms in total. The highest BCUT2D eigenvalue weighted by atomic mass is 79.9. The molecule has 0 aliphatic heterocycles. The minimum absolute atomic E-state index is 0. The van der Waals surface area contributed by atoms with Crippen molar-refractivity contribution < 1.29 is 26.6 Å². The summed E-state index contributed by atoms with van der Waals surface area (Å²) >= 11 is 0. The molecular formula is C10H16BrNO. The van der Waals surface area contributed by atoms with E-state index in [4.69, 9.17) is 4.74 Å². The average Bonchev–Trinajstić information content (AvgIpc) is 2.05. The zero-order chi connectivity index (χ0) is 8.81. The van der Waals surface area contributed by atoms with Gasteiger partial charge in [-0.05, 0) is 12.1 Å². The Morgan fingerprint density at radius 3 is 2.31 bits per heavy atom. The number of quaternary nitrogens is 1. The molecule has 0 bridgehead atoms. The standard InChI is InChI=1S/C10H15NO.BrH/c1-11(2)8-9-12-10-6-4-3-5-7-10;/h3-7H,8-9H2,1-2H3;1H. The van der Waals surface area contributed by atoms with Crippen LogP contribution < -0.4 is 26.6 Å². The lowest BCUT2D eigenvalue weighted by Gasteiger charge is -2.08. The van der Waals surface area contributed by atoms with Crippen molar-refractivity contribution in [3.05, 3.63) is 30.3 Å². The number of halogens is 1. The fourth-order valence-electron chi connectivity index (χ4n) is 0.890. The van der Waals surface area contributed by atoms with Gasteiger partial charge < -0.3 is 26.6 Å². The van der Waals surface area contributed by atoms with Crippen LogP contribution in [-0.4, -0.2) is 27.2 Å². The van der Waals surface area contributed by atoms with E-state index >= 15 is 0 Å². The third kappa shape index (κ3) is 5.66. The first-order valence-corrected chi connectivity index (χ1v) is 4.26. The Kier molecular flexibility index (Phi) is 6.63. The quantitative estimate of drug-likeness (QED) is 0.606. The van der Waals surface area contributed by atoms with Crippen molar-refractivity contribution in [3.63, 3.8) is 0 Å². The lowest BCUT2D eigenvalue weighted by molar-refractivity contribution is -0.858. The summed E-state index contributed by atoms with van der Waals surface area (Å²) in [5, 5.41) is 0. The van der Waals surface area contributed by atoms with Crippen LogP contribution in [0.15, 0.2) is 30.3 Å². The highest BCUT2D eigenvalue weighted by molar-refractivity contribution is 5.20. The van der Waals surface area contributed by atoms with Crippen LogP contribution in [0.4, 0.5) is 0 Å². The number of rotatable bonds is 4. The monoisotopic (exact) mass is 245 g/mol. The summed E-state index contributed by atoms with van der Waals surface area (Å²) in [6.07, 6.45) is 0. The van der Waals surface area contributed by atoms with E-state index in [1.54, 1.807) is 0 Å². The second-order valence-electron chi connectivity index (χ2n) is 3.12. The Hall–Kier alpha value is -0.540. The van der Waals surface area contributed by atoms with Gasteiger partial charge in [-0.1, -0.05) is 18.2 Å². The highest BCUT2D eigenvalue weighted by Crippen LogP contribution is 2.06. The van der Waals surface area contributed by atoms with Crippen LogP contribution in [0, 0.1) is 0 Å². The van der Waals surface area contributed by atoms with Gasteiger partial charge in [-0.15, -0.1) is 0 Å². The van der Waals surface area contributed by atoms with Crippen molar-refractivity contribution in [2.24, 2.45) is 0 Å². The van der Waals surface area contributed by atoms with Crippen molar-refractivity contribution in [1.82, 2.24) is 0 Å². The maximum Gasteiger partial charge on any atom is 0.137 e. The van der Waals surface area contributed by atoms with Gasteiger partial charge in [-0.2, -0.15) is 0 Å². The van der Waals surface area contributed by atoms with Gasteiger partial charge in [0, 0.05) is 0 Å². The van der Waals surface area contributed by atoms with Gasteiger partial charge >= 0.3 is 0 Å². The molecule has 0 atom stereocenters. The van der Waals surface area contributed by atoms with E-state index < -0.39 is 0 Å². The number of likely N-dealkylation sites (N-methyl/N-ethyl adjacent to an activating group) is 1. The summed E-state index contributed by atoms with van der Waals surface area (Å²) in [4.78, 5) is 1.41. The lowest BCUT2D eigenvalue weighted by atomic mass is 10.3. The van der Waals surface area contributed by atoms with Crippen molar-refractivity contribution in [2.75, 3.05) is 27.2 Å². The number of hydrogen-bond donors (Lipinski definition) is 1. The van der Waals surface area contributed by atoms with Crippen molar-refractivity contribution in [2.45, 2.75) is 0 Å². The van der Waals surface area contributed by atoms with Gasteiger partial charge in [-0.3, -0.25) is 0 Å². The van der Waals surface area contributed by atoms with Crippen LogP contribution in [-0.2, 0) is 0 Å². The Morgan fingerprint density at radius 1 is 1.15 bits per heavy atom. The Bertz CT molecular complexity index is 213. The topological polar surface area (TPSA) is 13.7 Å². The number of nitrogens with one attached hydrogen (secondary N) is 1. The molecule has 1 aromatic rings. The first-order valence-electron chi connectivity index (χ1n) is 4.26. The van der Waals surface area contributed by atoms with Crippen LogP contribution in [0.1, 0.15) is 0 Å². The van der Waals surface area contributed by atoms with Crippen LogP contribution in [0.5, 0.6) is 5.75 Å². The summed E-state index contributed by atoms with van der Waals surface area (Å²) < 4.78 is 5.50. The minimum Gasteiger partial charge on any atom is -1.00 e. The second kappa shape index (κ2) is 6.92. The van der Waals surface area contributed by atoms with Gasteiger partial charge in [0.1, 0.15) is 18.9 Å². The molecule has 0 heterocycles. The summed E-state index contributed by atoms with van der Waals surface area (Å²) in [6.45, 7) is 1.82. The summed E-state index contributed by atoms with van der Waals surface area (Å²) in [6, 6.07) is 9.91. The third-order valence-corrected chi connectivity index (χ3v) is 1.61. The molecule has 0 unspecified atom stereocenters. The van der Waals surface area contributed by atoms with E-state index in [0.29, 0.717) is 0 Å². The van der Waals surface area contributed by atoms with E-state index in [1.165, 1.54) is 4.90 Å². The molecular weight excluding hydrogens is 230 g/mol. The summed E-state index contributed by atoms with van der Waals surface area (Å²) in [5.41, 5.74) is 0. The molecule has 0 saturated heterocycles. The largest absolute Gasteiger partial charge is 1.00 e. The zero-order valence-electron chi connectivity index (χ0n) is 8.09. The highest BCUT2D eigenvalue weighted by Gasteiger charge is 1.94. The molecule has 3 heteroatoms. The lowest BCUT2D eigenvalue weighted by Crippen LogP contribution is -3.06. The molecule has 13 heavy (non-hydrogen) atoms. The molecule has 0 aliphatic carbocycles. The van der Waals surface area contributed by atoms with Crippen LogP contribution >= 0.6 is 0 Å². The van der Waals surface area contributed by atoms with E-state index in [-0.39, 0.29) is 17.0 Å². The maximum atomic E-state index is 5.50. The molecule has 1 rings (SSSR count). The number of hydrogen-bond acceptors (Lipinski definition) is 1. The molecule has 0 fully saturated rings. The van der Waals surface area contributed by atoms with Crippen LogP contribution in [0.2, 0.25) is 0 Å². The first-order chi connectivity index (χ1) is 5.79. The second-order valence-corrected chi connectivity index (χ2v) is 3.12. The predicted octanol–water partition coefficient (Wildman–Crippen LogP) is -2.79. The molecule has 1 N–H and O–H groups in total. The normalized spacial score (nSPS) is 9.46. The van der Waals surface area contributed by atoms with Crippen molar-refractivity contribution in [3.8, 4) is 5.75 Å². The van der Waals surface area contributed by atoms with E-state index in [1.807, 2.05) is 30.3 Å². The summed E-state index contributed by atoms with van der Waals surface area (Å²) in [7, 11) is 4.24. The van der Waals surface area contributed by atoms with Gasteiger partial charge in [0.15, 0.2) is 0 Å². The summed E-state index contributed by atoms with van der Waals surface area (Å²) in [5.74, 6) is 0.957. The third-order valence-electron chi connectivity index (χ3n) is 1.61. The number of benzene rings is 1. The fourth-order valence-corrected chi connectivity index (χ4v) is 0.890. The SMILES string of the molecule is C[NH+](C)CCOc1ccccc1.[Br-]. The molecule has 74 valence electrons. The van der Waals surface area contributed by atoms with E-state index in [2.05, 4.69) is 14.1 Å². The van der Waals surface area contributed by atoms with Crippen LogP contribution in [0.25, 0.3) is 0 Å². The van der Waals surface area contributed by atoms with E-state index in [0.717, 1.165) is 18.9 Å². The van der Waals surface area contributed by atoms with Gasteiger partial charge in [0.2, 0.25) is 0 Å². The molecule has 0 spiro atoms. The Morgan fingerprint density at radius 2 is 1.77 bits per heavy atom. The zero-order valence-corrected chi connectivity index (χ0v) is 9.67. The predicted molar refractivity (Wildman–Crippen MR) is 49.6 cm³/mol. The molecule has 0 aromatic heterocycles. The minimum atomic E-state index is 0. The Labute approximate surface area is 90.3 Å². The molecule has 0 amide bonds. The first kappa shape index (κ1) is 12.5. The molecule has 1 aromatic carbocycles. The molecule has 0 aliphatic rings. The van der Waals surface area contributed by atoms with Crippen molar-refractivity contribution in [1.29, 1.82) is 0 Å². The van der Waals surface area contributed by atoms with Crippen molar-refractivity contribution >= 4 is 0 Å². The molecule has 0 radical (unpaired) electrons. The number of ether oxygens (including phenoxy) is 1. The Balaban J connectivity index is 0.00000144. The van der Waals surface area contributed by atoms with Gasteiger partial charge in [-0.25, -0.2) is 0 Å². The van der Waals surface area contributed by atoms with Gasteiger partial charge in [0.25, 0.3) is 0 Å². The van der Waals surface area contributed by atoms with Crippen LogP contribution in [0.3, 0.4) is 0 Å². The average molecular weight is 246 g/mol. The smallest absolute Gasteiger partial charge is 0.137 e.